The van der Waals surface area contributed by atoms with Crippen LogP contribution in [0.5, 0.6) is 0 Å². The fourth-order valence-electron chi connectivity index (χ4n) is 2.84. The number of aryl methyl sites for hydroxylation is 2. The van der Waals surface area contributed by atoms with E-state index in [1.807, 2.05) is 49.6 Å². The summed E-state index contributed by atoms with van der Waals surface area (Å²) in [5.41, 5.74) is 2.67. The predicted molar refractivity (Wildman–Crippen MR) is 99.3 cm³/mol. The third-order valence-corrected chi connectivity index (χ3v) is 5.00. The van der Waals surface area contributed by atoms with Gasteiger partial charge < -0.3 is 9.73 Å². The summed E-state index contributed by atoms with van der Waals surface area (Å²) < 4.78 is 7.57. The first-order valence-electron chi connectivity index (χ1n) is 7.97. The number of fused-ring (bicyclic) bond motifs is 1. The maximum atomic E-state index is 12.7. The average Bonchev–Trinajstić information content (AvgIpc) is 3.30. The number of rotatable bonds is 4. The number of hydrogen-bond donors (Lipinski definition) is 1. The first-order chi connectivity index (χ1) is 12.1. The smallest absolute Gasteiger partial charge is 0.292 e. The zero-order chi connectivity index (χ0) is 17.4. The van der Waals surface area contributed by atoms with E-state index in [0.29, 0.717) is 18.1 Å². The molecule has 0 unspecified atom stereocenters. The van der Waals surface area contributed by atoms with Crippen LogP contribution in [0, 0.1) is 13.8 Å². The number of anilines is 1. The predicted octanol–water partition coefficient (Wildman–Crippen LogP) is 4.61. The van der Waals surface area contributed by atoms with Gasteiger partial charge in [-0.25, -0.2) is 4.68 Å². The minimum atomic E-state index is -0.265. The molecule has 0 atom stereocenters. The van der Waals surface area contributed by atoms with Crippen LogP contribution in [-0.4, -0.2) is 15.7 Å². The lowest BCUT2D eigenvalue weighted by atomic mass is 10.1. The Morgan fingerprint density at radius 2 is 2.16 bits per heavy atom. The van der Waals surface area contributed by atoms with Crippen LogP contribution in [0.3, 0.4) is 0 Å². The Morgan fingerprint density at radius 1 is 1.28 bits per heavy atom. The summed E-state index contributed by atoms with van der Waals surface area (Å²) in [5.74, 6) is 0.721. The van der Waals surface area contributed by atoms with E-state index >= 15 is 0 Å². The van der Waals surface area contributed by atoms with Gasteiger partial charge in [0.15, 0.2) is 5.76 Å². The van der Waals surface area contributed by atoms with Crippen LogP contribution in [-0.2, 0) is 6.54 Å². The van der Waals surface area contributed by atoms with E-state index in [0.717, 1.165) is 22.1 Å². The van der Waals surface area contributed by atoms with Crippen molar-refractivity contribution in [3.8, 4) is 0 Å². The van der Waals surface area contributed by atoms with Gasteiger partial charge in [-0.3, -0.25) is 4.79 Å². The minimum absolute atomic E-state index is 0.265. The van der Waals surface area contributed by atoms with E-state index in [1.54, 1.807) is 28.3 Å². The highest BCUT2D eigenvalue weighted by Crippen LogP contribution is 2.27. The molecule has 3 aromatic heterocycles. The number of thiophene rings is 1. The highest BCUT2D eigenvalue weighted by Gasteiger charge is 2.19. The number of carbonyl (C=O) groups is 1. The number of amides is 1. The third kappa shape index (κ3) is 2.96. The minimum Gasteiger partial charge on any atom is -0.451 e. The second-order valence-corrected chi connectivity index (χ2v) is 7.00. The number of hydrogen-bond acceptors (Lipinski definition) is 4. The molecule has 0 saturated heterocycles. The van der Waals surface area contributed by atoms with Crippen molar-refractivity contribution in [2.24, 2.45) is 0 Å². The largest absolute Gasteiger partial charge is 0.451 e. The highest BCUT2D eigenvalue weighted by molar-refractivity contribution is 7.09. The zero-order valence-corrected chi connectivity index (χ0v) is 14.8. The monoisotopic (exact) mass is 351 g/mol. The molecule has 1 aromatic carbocycles. The highest BCUT2D eigenvalue weighted by atomic mass is 32.1. The van der Waals surface area contributed by atoms with E-state index < -0.39 is 0 Å². The van der Waals surface area contributed by atoms with Crippen molar-refractivity contribution >= 4 is 34.0 Å². The van der Waals surface area contributed by atoms with Gasteiger partial charge in [0, 0.05) is 21.9 Å². The van der Waals surface area contributed by atoms with Gasteiger partial charge >= 0.3 is 0 Å². The summed E-state index contributed by atoms with van der Waals surface area (Å²) in [5, 5.41) is 10.2. The molecule has 0 fully saturated rings. The van der Waals surface area contributed by atoms with Crippen LogP contribution < -0.4 is 5.32 Å². The molecule has 0 radical (unpaired) electrons. The van der Waals surface area contributed by atoms with Crippen molar-refractivity contribution < 1.29 is 9.21 Å². The Morgan fingerprint density at radius 3 is 2.96 bits per heavy atom. The molecule has 4 aromatic rings. The molecule has 3 heterocycles. The van der Waals surface area contributed by atoms with E-state index in [4.69, 9.17) is 4.42 Å². The molecule has 126 valence electrons. The maximum absolute atomic E-state index is 12.7. The number of carbonyl (C=O) groups excluding carboxylic acids is 1. The average molecular weight is 351 g/mol. The first kappa shape index (κ1) is 15.7. The molecule has 6 heteroatoms. The Balaban J connectivity index is 1.61. The quantitative estimate of drug-likeness (QED) is 0.584. The molecular weight excluding hydrogens is 334 g/mol. The molecule has 25 heavy (non-hydrogen) atoms. The van der Waals surface area contributed by atoms with Crippen molar-refractivity contribution in [2.45, 2.75) is 20.4 Å². The summed E-state index contributed by atoms with van der Waals surface area (Å²) in [6.45, 7) is 4.53. The number of furan rings is 1. The fourth-order valence-corrected chi connectivity index (χ4v) is 3.52. The van der Waals surface area contributed by atoms with Gasteiger partial charge in [0.05, 0.1) is 12.7 Å². The summed E-state index contributed by atoms with van der Waals surface area (Å²) in [4.78, 5) is 13.9. The van der Waals surface area contributed by atoms with Gasteiger partial charge in [-0.05, 0) is 36.9 Å². The molecule has 0 spiro atoms. The topological polar surface area (TPSA) is 60.1 Å². The van der Waals surface area contributed by atoms with Crippen molar-refractivity contribution in [3.05, 3.63) is 69.7 Å². The Bertz CT molecular complexity index is 1040. The van der Waals surface area contributed by atoms with Crippen LogP contribution in [0.2, 0.25) is 0 Å². The number of benzene rings is 1. The van der Waals surface area contributed by atoms with Gasteiger partial charge in [0.25, 0.3) is 5.91 Å². The third-order valence-electron chi connectivity index (χ3n) is 4.14. The lowest BCUT2D eigenvalue weighted by Gasteiger charge is -2.07. The summed E-state index contributed by atoms with van der Waals surface area (Å²) >= 11 is 1.66. The maximum Gasteiger partial charge on any atom is 0.292 e. The second kappa shape index (κ2) is 6.22. The standard InChI is InChI=1S/C19H17N3O2S/c1-12-5-6-15-13(2)18(24-16(15)10-12)19(23)21-17-7-8-20-22(17)11-14-4-3-9-25-14/h3-10H,11H2,1-2H3,(H,21,23). The Hall–Kier alpha value is -2.86. The SMILES string of the molecule is Cc1ccc2c(C)c(C(=O)Nc3ccnn3Cc3cccs3)oc2c1. The molecule has 0 aliphatic rings. The molecule has 4 rings (SSSR count). The van der Waals surface area contributed by atoms with Crippen LogP contribution in [0.25, 0.3) is 11.0 Å². The second-order valence-electron chi connectivity index (χ2n) is 5.96. The fraction of sp³-hybridized carbons (Fsp3) is 0.158. The molecular formula is C19H17N3O2S. The van der Waals surface area contributed by atoms with E-state index in [1.165, 1.54) is 4.88 Å². The van der Waals surface area contributed by atoms with E-state index in [2.05, 4.69) is 10.4 Å². The molecule has 5 nitrogen and oxygen atoms in total. The lowest BCUT2D eigenvalue weighted by Crippen LogP contribution is -2.16. The van der Waals surface area contributed by atoms with Gasteiger partial charge in [0.2, 0.25) is 0 Å². The first-order valence-corrected chi connectivity index (χ1v) is 8.85. The lowest BCUT2D eigenvalue weighted by molar-refractivity contribution is 0.0997. The molecule has 1 amide bonds. The molecule has 1 N–H and O–H groups in total. The van der Waals surface area contributed by atoms with Gasteiger partial charge in [-0.2, -0.15) is 5.10 Å². The van der Waals surface area contributed by atoms with Crippen molar-refractivity contribution in [3.63, 3.8) is 0 Å². The van der Waals surface area contributed by atoms with E-state index in [-0.39, 0.29) is 5.91 Å². The summed E-state index contributed by atoms with van der Waals surface area (Å²) in [7, 11) is 0. The number of nitrogens with zero attached hydrogens (tertiary/aromatic N) is 2. The van der Waals surface area contributed by atoms with Crippen LogP contribution in [0.1, 0.15) is 26.6 Å². The Kier molecular flexibility index (Phi) is 3.89. The molecule has 0 aliphatic carbocycles. The van der Waals surface area contributed by atoms with Crippen LogP contribution in [0.4, 0.5) is 5.82 Å². The van der Waals surface area contributed by atoms with E-state index in [9.17, 15) is 4.79 Å². The molecule has 0 bridgehead atoms. The van der Waals surface area contributed by atoms with Crippen LogP contribution in [0.15, 0.2) is 52.4 Å². The number of aromatic nitrogens is 2. The summed E-state index contributed by atoms with van der Waals surface area (Å²) in [6, 6.07) is 11.8. The Labute approximate surface area is 148 Å². The van der Waals surface area contributed by atoms with Crippen LogP contribution >= 0.6 is 11.3 Å². The number of nitrogens with one attached hydrogen (secondary N) is 1. The summed E-state index contributed by atoms with van der Waals surface area (Å²) in [6.07, 6.45) is 1.68. The zero-order valence-electron chi connectivity index (χ0n) is 13.9. The van der Waals surface area contributed by atoms with Gasteiger partial charge in [-0.1, -0.05) is 18.2 Å². The molecule has 0 aliphatic heterocycles. The van der Waals surface area contributed by atoms with Crippen molar-refractivity contribution in [1.82, 2.24) is 9.78 Å². The van der Waals surface area contributed by atoms with Gasteiger partial charge in [-0.15, -0.1) is 11.3 Å². The van der Waals surface area contributed by atoms with Gasteiger partial charge in [0.1, 0.15) is 11.4 Å². The van der Waals surface area contributed by atoms with Crippen molar-refractivity contribution in [2.75, 3.05) is 5.32 Å². The van der Waals surface area contributed by atoms with Crippen molar-refractivity contribution in [1.29, 1.82) is 0 Å². The molecule has 0 saturated carbocycles. The normalized spacial score (nSPS) is 11.1.